The minimum absolute atomic E-state index is 0.490. The fraction of sp³-hybridized carbons (Fsp3) is 0.714. The molecule has 2 heterocycles. The second kappa shape index (κ2) is 8.35. The van der Waals surface area contributed by atoms with Gasteiger partial charge in [0.1, 0.15) is 5.75 Å². The third kappa shape index (κ3) is 5.22. The van der Waals surface area contributed by atoms with Gasteiger partial charge < -0.3 is 15.0 Å². The molecule has 0 aromatic heterocycles. The summed E-state index contributed by atoms with van der Waals surface area (Å²) in [6.45, 7) is 11.6. The van der Waals surface area contributed by atoms with Gasteiger partial charge in [-0.3, -0.25) is 0 Å². The van der Waals surface area contributed by atoms with Crippen LogP contribution in [0.2, 0.25) is 0 Å². The summed E-state index contributed by atoms with van der Waals surface area (Å²) in [6, 6.07) is 8.83. The average Bonchev–Trinajstić information content (AvgIpc) is 2.59. The van der Waals surface area contributed by atoms with E-state index in [0.717, 1.165) is 44.3 Å². The Morgan fingerprint density at radius 3 is 2.62 bits per heavy atom. The number of rotatable bonds is 6. The van der Waals surface area contributed by atoms with Crippen molar-refractivity contribution in [1.29, 1.82) is 0 Å². The zero-order valence-corrected chi connectivity index (χ0v) is 15.5. The van der Waals surface area contributed by atoms with Crippen LogP contribution in [0.15, 0.2) is 24.3 Å². The van der Waals surface area contributed by atoms with E-state index in [9.17, 15) is 0 Å². The maximum absolute atomic E-state index is 5.95. The summed E-state index contributed by atoms with van der Waals surface area (Å²) in [4.78, 5) is 2.60. The van der Waals surface area contributed by atoms with Crippen LogP contribution >= 0.6 is 0 Å². The van der Waals surface area contributed by atoms with E-state index in [-0.39, 0.29) is 0 Å². The number of hydrogen-bond donors (Lipinski definition) is 1. The zero-order chi connectivity index (χ0) is 16.8. The Bertz CT molecular complexity index is 491. The van der Waals surface area contributed by atoms with Crippen LogP contribution in [0.5, 0.6) is 5.75 Å². The Labute approximate surface area is 147 Å². The van der Waals surface area contributed by atoms with Gasteiger partial charge in [0.2, 0.25) is 0 Å². The minimum Gasteiger partial charge on any atom is -0.494 e. The lowest BCUT2D eigenvalue weighted by Gasteiger charge is -2.38. The fourth-order valence-electron chi connectivity index (χ4n) is 4.21. The molecule has 24 heavy (non-hydrogen) atoms. The highest BCUT2D eigenvalue weighted by molar-refractivity contribution is 5.29. The van der Waals surface area contributed by atoms with E-state index in [2.05, 4.69) is 48.3 Å². The van der Waals surface area contributed by atoms with E-state index in [1.807, 2.05) is 0 Å². The molecule has 0 bridgehead atoms. The summed E-state index contributed by atoms with van der Waals surface area (Å²) in [5.41, 5.74) is 1.96. The molecule has 2 aliphatic rings. The summed E-state index contributed by atoms with van der Waals surface area (Å²) >= 11 is 0. The van der Waals surface area contributed by atoms with Crippen LogP contribution in [0.3, 0.4) is 0 Å². The Morgan fingerprint density at radius 2 is 1.92 bits per heavy atom. The van der Waals surface area contributed by atoms with Crippen molar-refractivity contribution in [1.82, 2.24) is 10.2 Å². The number of benzene rings is 1. The summed E-state index contributed by atoms with van der Waals surface area (Å²) in [5.74, 6) is 1.74. The van der Waals surface area contributed by atoms with E-state index in [4.69, 9.17) is 4.74 Å². The van der Waals surface area contributed by atoms with Gasteiger partial charge in [-0.1, -0.05) is 26.0 Å². The number of nitrogens with zero attached hydrogens (tertiary/aromatic N) is 1. The molecule has 2 saturated heterocycles. The second-order valence-electron chi connectivity index (χ2n) is 8.34. The first-order chi connectivity index (χ1) is 11.6. The van der Waals surface area contributed by atoms with E-state index in [0.29, 0.717) is 5.41 Å². The highest BCUT2D eigenvalue weighted by atomic mass is 16.5. The number of piperidine rings is 2. The topological polar surface area (TPSA) is 24.5 Å². The SMILES string of the molecule is CC1(C)CCCN(CCCOc2ccc(C3CCNCC3)cc2)C1. The van der Waals surface area contributed by atoms with Gasteiger partial charge in [0.05, 0.1) is 6.61 Å². The van der Waals surface area contributed by atoms with Crippen molar-refractivity contribution < 1.29 is 4.74 Å². The van der Waals surface area contributed by atoms with E-state index >= 15 is 0 Å². The first kappa shape index (κ1) is 17.8. The molecule has 1 aromatic rings. The van der Waals surface area contributed by atoms with Crippen LogP contribution in [0.25, 0.3) is 0 Å². The van der Waals surface area contributed by atoms with E-state index < -0.39 is 0 Å². The predicted molar refractivity (Wildman–Crippen MR) is 101 cm³/mol. The molecular formula is C21H34N2O. The normalized spacial score (nSPS) is 22.4. The lowest BCUT2D eigenvalue weighted by atomic mass is 9.84. The molecule has 3 heteroatoms. The molecule has 1 aromatic carbocycles. The Kier molecular flexibility index (Phi) is 6.18. The molecule has 2 aliphatic heterocycles. The van der Waals surface area contributed by atoms with Crippen LogP contribution in [-0.2, 0) is 0 Å². The Hall–Kier alpha value is -1.06. The summed E-state index contributed by atoms with van der Waals surface area (Å²) in [6.07, 6.45) is 6.33. The highest BCUT2D eigenvalue weighted by Crippen LogP contribution is 2.28. The molecule has 0 amide bonds. The van der Waals surface area contributed by atoms with Crippen LogP contribution in [0, 0.1) is 5.41 Å². The van der Waals surface area contributed by atoms with Crippen LogP contribution in [0.1, 0.15) is 57.4 Å². The van der Waals surface area contributed by atoms with Gasteiger partial charge in [0.25, 0.3) is 0 Å². The number of hydrogen-bond acceptors (Lipinski definition) is 3. The molecule has 134 valence electrons. The van der Waals surface area contributed by atoms with Gasteiger partial charge in [-0.15, -0.1) is 0 Å². The van der Waals surface area contributed by atoms with Crippen LogP contribution in [0.4, 0.5) is 0 Å². The molecule has 0 saturated carbocycles. The van der Waals surface area contributed by atoms with Gasteiger partial charge in [-0.2, -0.15) is 0 Å². The number of nitrogens with one attached hydrogen (secondary N) is 1. The van der Waals surface area contributed by atoms with Gasteiger partial charge >= 0.3 is 0 Å². The smallest absolute Gasteiger partial charge is 0.119 e. The lowest BCUT2D eigenvalue weighted by molar-refractivity contribution is 0.111. The quantitative estimate of drug-likeness (QED) is 0.797. The first-order valence-electron chi connectivity index (χ1n) is 9.78. The Balaban J connectivity index is 1.37. The first-order valence-corrected chi connectivity index (χ1v) is 9.78. The van der Waals surface area contributed by atoms with Crippen molar-refractivity contribution in [3.63, 3.8) is 0 Å². The molecule has 3 rings (SSSR count). The highest BCUT2D eigenvalue weighted by Gasteiger charge is 2.25. The monoisotopic (exact) mass is 330 g/mol. The maximum atomic E-state index is 5.95. The van der Waals surface area contributed by atoms with Gasteiger partial charge in [-0.05, 0) is 80.8 Å². The summed E-state index contributed by atoms with van der Waals surface area (Å²) < 4.78 is 5.95. The van der Waals surface area contributed by atoms with Crippen molar-refractivity contribution >= 4 is 0 Å². The summed E-state index contributed by atoms with van der Waals surface area (Å²) in [5, 5.41) is 3.43. The second-order valence-corrected chi connectivity index (χ2v) is 8.34. The van der Waals surface area contributed by atoms with Gasteiger partial charge in [0.15, 0.2) is 0 Å². The molecule has 0 unspecified atom stereocenters. The largest absolute Gasteiger partial charge is 0.494 e. The van der Waals surface area contributed by atoms with Crippen LogP contribution < -0.4 is 10.1 Å². The van der Waals surface area contributed by atoms with Crippen LogP contribution in [-0.4, -0.2) is 44.2 Å². The predicted octanol–water partition coefficient (Wildman–Crippen LogP) is 4.04. The van der Waals surface area contributed by atoms with Gasteiger partial charge in [0, 0.05) is 13.1 Å². The number of ether oxygens (including phenoxy) is 1. The molecule has 0 aliphatic carbocycles. The number of likely N-dealkylation sites (tertiary alicyclic amines) is 1. The van der Waals surface area contributed by atoms with Crippen molar-refractivity contribution in [2.75, 3.05) is 39.3 Å². The fourth-order valence-corrected chi connectivity index (χ4v) is 4.21. The standard InChI is InChI=1S/C21H34N2O/c1-21(2)11-3-14-23(17-21)15-4-16-24-20-7-5-18(6-8-20)19-9-12-22-13-10-19/h5-8,19,22H,3-4,9-17H2,1-2H3. The molecule has 0 radical (unpaired) electrons. The molecule has 3 nitrogen and oxygen atoms in total. The van der Waals surface area contributed by atoms with Crippen molar-refractivity contribution in [2.45, 2.75) is 51.9 Å². The molecule has 0 spiro atoms. The molecule has 0 atom stereocenters. The molecular weight excluding hydrogens is 296 g/mol. The van der Waals surface area contributed by atoms with Crippen molar-refractivity contribution in [2.24, 2.45) is 5.41 Å². The third-order valence-corrected chi connectivity index (χ3v) is 5.56. The van der Waals surface area contributed by atoms with Crippen molar-refractivity contribution in [3.05, 3.63) is 29.8 Å². The summed E-state index contributed by atoms with van der Waals surface area (Å²) in [7, 11) is 0. The lowest BCUT2D eigenvalue weighted by Crippen LogP contribution is -2.40. The van der Waals surface area contributed by atoms with E-state index in [1.54, 1.807) is 0 Å². The average molecular weight is 331 g/mol. The maximum Gasteiger partial charge on any atom is 0.119 e. The molecule has 2 fully saturated rings. The molecule has 1 N–H and O–H groups in total. The Morgan fingerprint density at radius 1 is 1.17 bits per heavy atom. The van der Waals surface area contributed by atoms with E-state index in [1.165, 1.54) is 44.3 Å². The van der Waals surface area contributed by atoms with Crippen molar-refractivity contribution in [3.8, 4) is 5.75 Å². The zero-order valence-electron chi connectivity index (χ0n) is 15.5. The third-order valence-electron chi connectivity index (χ3n) is 5.56. The van der Waals surface area contributed by atoms with Gasteiger partial charge in [-0.25, -0.2) is 0 Å². The minimum atomic E-state index is 0.490.